The van der Waals surface area contributed by atoms with Gasteiger partial charge in [0.05, 0.1) is 11.5 Å². The molecule has 1 unspecified atom stereocenters. The smallest absolute Gasteiger partial charge is 0.141 e. The van der Waals surface area contributed by atoms with Gasteiger partial charge in [-0.2, -0.15) is 0 Å². The Labute approximate surface area is 136 Å². The normalized spacial score (nSPS) is 18.5. The summed E-state index contributed by atoms with van der Waals surface area (Å²) in [6.07, 6.45) is 3.74. The van der Waals surface area contributed by atoms with Crippen molar-refractivity contribution in [3.8, 4) is 0 Å². The van der Waals surface area contributed by atoms with Crippen molar-refractivity contribution in [3.63, 3.8) is 0 Å². The Kier molecular flexibility index (Phi) is 4.64. The number of likely N-dealkylation sites (N-methyl/N-ethyl adjacent to an activating group) is 1. The van der Waals surface area contributed by atoms with Gasteiger partial charge in [-0.1, -0.05) is 13.8 Å². The van der Waals surface area contributed by atoms with E-state index in [2.05, 4.69) is 36.2 Å². The number of aromatic nitrogens is 2. The van der Waals surface area contributed by atoms with Gasteiger partial charge in [0.15, 0.2) is 0 Å². The first-order valence-corrected chi connectivity index (χ1v) is 9.00. The third-order valence-electron chi connectivity index (χ3n) is 4.09. The van der Waals surface area contributed by atoms with E-state index in [0.717, 1.165) is 42.5 Å². The van der Waals surface area contributed by atoms with Gasteiger partial charge in [-0.3, -0.25) is 0 Å². The first-order chi connectivity index (χ1) is 10.5. The Morgan fingerprint density at radius 3 is 2.91 bits per heavy atom. The predicted molar refractivity (Wildman–Crippen MR) is 92.9 cm³/mol. The summed E-state index contributed by atoms with van der Waals surface area (Å²) >= 11 is 1.74. The zero-order valence-electron chi connectivity index (χ0n) is 13.9. The van der Waals surface area contributed by atoms with Gasteiger partial charge in [0.2, 0.25) is 0 Å². The lowest BCUT2D eigenvalue weighted by Gasteiger charge is -2.23. The number of nitrogens with zero attached hydrogens (tertiary/aromatic N) is 3. The van der Waals surface area contributed by atoms with Crippen molar-refractivity contribution in [1.82, 2.24) is 9.97 Å². The van der Waals surface area contributed by atoms with Crippen LogP contribution in [0.2, 0.25) is 0 Å². The van der Waals surface area contributed by atoms with Crippen LogP contribution in [0.4, 0.5) is 5.82 Å². The summed E-state index contributed by atoms with van der Waals surface area (Å²) in [5.74, 6) is 2.55. The molecular formula is C17H25N3OS. The minimum Gasteiger partial charge on any atom is -0.376 e. The minimum absolute atomic E-state index is 0.336. The lowest BCUT2D eigenvalue weighted by atomic mass is 10.0. The van der Waals surface area contributed by atoms with Crippen LogP contribution in [-0.4, -0.2) is 36.3 Å². The van der Waals surface area contributed by atoms with Gasteiger partial charge in [-0.25, -0.2) is 9.97 Å². The second kappa shape index (κ2) is 6.50. The number of hydrogen-bond acceptors (Lipinski definition) is 5. The maximum absolute atomic E-state index is 5.78. The molecule has 1 aliphatic rings. The number of anilines is 1. The second-order valence-corrected chi connectivity index (χ2v) is 7.51. The van der Waals surface area contributed by atoms with E-state index in [4.69, 9.17) is 9.72 Å². The highest BCUT2D eigenvalue weighted by Gasteiger charge is 2.21. The van der Waals surface area contributed by atoms with Gasteiger partial charge < -0.3 is 9.64 Å². The molecule has 1 saturated heterocycles. The molecule has 0 aliphatic carbocycles. The van der Waals surface area contributed by atoms with Crippen LogP contribution in [0.5, 0.6) is 0 Å². The monoisotopic (exact) mass is 319 g/mol. The fourth-order valence-electron chi connectivity index (χ4n) is 3.13. The standard InChI is InChI=1S/C17H25N3OS/c1-11(2)8-13-10-22-17-15(13)16(18-12(3)19-17)20(4)9-14-6-5-7-21-14/h10-11,14H,5-9H2,1-4H3. The van der Waals surface area contributed by atoms with Crippen molar-refractivity contribution in [2.24, 2.45) is 5.92 Å². The highest BCUT2D eigenvalue weighted by Crippen LogP contribution is 2.33. The van der Waals surface area contributed by atoms with E-state index in [1.165, 1.54) is 17.4 Å². The zero-order valence-corrected chi connectivity index (χ0v) is 14.7. The number of fused-ring (bicyclic) bond motifs is 1. The Balaban J connectivity index is 1.96. The molecule has 3 rings (SSSR count). The average Bonchev–Trinajstić information content (AvgIpc) is 3.07. The van der Waals surface area contributed by atoms with Crippen LogP contribution >= 0.6 is 11.3 Å². The predicted octanol–water partition coefficient (Wildman–Crippen LogP) is 3.81. The first kappa shape index (κ1) is 15.7. The molecule has 1 fully saturated rings. The molecule has 0 bridgehead atoms. The summed E-state index contributed by atoms with van der Waals surface area (Å²) in [5, 5.41) is 3.49. The molecule has 2 aromatic rings. The van der Waals surface area contributed by atoms with E-state index < -0.39 is 0 Å². The van der Waals surface area contributed by atoms with E-state index in [1.807, 2.05) is 6.92 Å². The third-order valence-corrected chi connectivity index (χ3v) is 5.01. The molecule has 0 saturated carbocycles. The Bertz CT molecular complexity index is 647. The van der Waals surface area contributed by atoms with E-state index in [9.17, 15) is 0 Å². The number of hydrogen-bond donors (Lipinski definition) is 0. The lowest BCUT2D eigenvalue weighted by molar-refractivity contribution is 0.116. The van der Waals surface area contributed by atoms with Crippen molar-refractivity contribution in [2.45, 2.75) is 46.1 Å². The summed E-state index contributed by atoms with van der Waals surface area (Å²) in [6.45, 7) is 8.30. The van der Waals surface area contributed by atoms with E-state index in [-0.39, 0.29) is 0 Å². The largest absolute Gasteiger partial charge is 0.376 e. The minimum atomic E-state index is 0.336. The van der Waals surface area contributed by atoms with Crippen molar-refractivity contribution >= 4 is 27.4 Å². The highest BCUT2D eigenvalue weighted by atomic mass is 32.1. The molecule has 22 heavy (non-hydrogen) atoms. The first-order valence-electron chi connectivity index (χ1n) is 8.12. The number of aryl methyl sites for hydroxylation is 1. The van der Waals surface area contributed by atoms with Gasteiger partial charge in [-0.05, 0) is 43.0 Å². The summed E-state index contributed by atoms with van der Waals surface area (Å²) < 4.78 is 5.78. The van der Waals surface area contributed by atoms with Crippen molar-refractivity contribution in [1.29, 1.82) is 0 Å². The fourth-order valence-corrected chi connectivity index (χ4v) is 4.12. The molecule has 2 aromatic heterocycles. The van der Waals surface area contributed by atoms with Crippen molar-refractivity contribution in [3.05, 3.63) is 16.8 Å². The number of rotatable bonds is 5. The van der Waals surface area contributed by atoms with Gasteiger partial charge >= 0.3 is 0 Å². The topological polar surface area (TPSA) is 38.2 Å². The van der Waals surface area contributed by atoms with Crippen LogP contribution < -0.4 is 4.90 Å². The molecule has 1 atom stereocenters. The quantitative estimate of drug-likeness (QED) is 0.840. The molecule has 0 amide bonds. The van der Waals surface area contributed by atoms with Crippen LogP contribution in [-0.2, 0) is 11.2 Å². The molecule has 3 heterocycles. The molecule has 0 spiro atoms. The summed E-state index contributed by atoms with van der Waals surface area (Å²) in [7, 11) is 2.12. The summed E-state index contributed by atoms with van der Waals surface area (Å²) in [6, 6.07) is 0. The Morgan fingerprint density at radius 2 is 2.23 bits per heavy atom. The number of thiophene rings is 1. The maximum atomic E-state index is 5.78. The fraction of sp³-hybridized carbons (Fsp3) is 0.647. The molecule has 4 nitrogen and oxygen atoms in total. The van der Waals surface area contributed by atoms with E-state index >= 15 is 0 Å². The Hall–Kier alpha value is -1.20. The third kappa shape index (κ3) is 3.25. The average molecular weight is 319 g/mol. The molecular weight excluding hydrogens is 294 g/mol. The van der Waals surface area contributed by atoms with Gasteiger partial charge in [0.1, 0.15) is 16.5 Å². The SMILES string of the molecule is Cc1nc(N(C)CC2CCCO2)c2c(CC(C)C)csc2n1. The molecule has 5 heteroatoms. The molecule has 0 radical (unpaired) electrons. The van der Waals surface area contributed by atoms with Crippen LogP contribution in [0.15, 0.2) is 5.38 Å². The molecule has 120 valence electrons. The van der Waals surface area contributed by atoms with Gasteiger partial charge in [0, 0.05) is 20.2 Å². The Morgan fingerprint density at radius 1 is 1.41 bits per heavy atom. The summed E-state index contributed by atoms with van der Waals surface area (Å²) in [5.41, 5.74) is 1.38. The van der Waals surface area contributed by atoms with Crippen LogP contribution in [0.25, 0.3) is 10.2 Å². The molecule has 1 aliphatic heterocycles. The van der Waals surface area contributed by atoms with Crippen LogP contribution in [0, 0.1) is 12.8 Å². The second-order valence-electron chi connectivity index (χ2n) is 6.65. The van der Waals surface area contributed by atoms with Crippen LogP contribution in [0.3, 0.4) is 0 Å². The van der Waals surface area contributed by atoms with Crippen molar-refractivity contribution in [2.75, 3.05) is 25.1 Å². The maximum Gasteiger partial charge on any atom is 0.141 e. The van der Waals surface area contributed by atoms with Crippen LogP contribution in [0.1, 0.15) is 38.1 Å². The van der Waals surface area contributed by atoms with Crippen molar-refractivity contribution < 1.29 is 4.74 Å². The highest BCUT2D eigenvalue weighted by molar-refractivity contribution is 7.17. The van der Waals surface area contributed by atoms with E-state index in [1.54, 1.807) is 11.3 Å². The van der Waals surface area contributed by atoms with Gasteiger partial charge in [-0.15, -0.1) is 11.3 Å². The number of ether oxygens (including phenoxy) is 1. The van der Waals surface area contributed by atoms with E-state index in [0.29, 0.717) is 12.0 Å². The molecule has 0 N–H and O–H groups in total. The lowest BCUT2D eigenvalue weighted by Crippen LogP contribution is -2.29. The van der Waals surface area contributed by atoms with Gasteiger partial charge in [0.25, 0.3) is 0 Å². The summed E-state index contributed by atoms with van der Waals surface area (Å²) in [4.78, 5) is 12.7. The zero-order chi connectivity index (χ0) is 15.7. The molecule has 0 aromatic carbocycles.